The SMILES string of the molecule is CCN(CCC(N)=S)C(=O)COCC(F)(F)F. The lowest BCUT2D eigenvalue weighted by atomic mass is 10.3. The molecule has 8 heteroatoms. The van der Waals surface area contributed by atoms with E-state index >= 15 is 0 Å². The molecule has 100 valence electrons. The van der Waals surface area contributed by atoms with Gasteiger partial charge >= 0.3 is 6.18 Å². The Balaban J connectivity index is 3.96. The zero-order valence-electron chi connectivity index (χ0n) is 9.42. The van der Waals surface area contributed by atoms with E-state index in [1.807, 2.05) is 0 Å². The van der Waals surface area contributed by atoms with Crippen molar-refractivity contribution in [1.29, 1.82) is 0 Å². The highest BCUT2D eigenvalue weighted by Gasteiger charge is 2.28. The normalized spacial score (nSPS) is 11.3. The summed E-state index contributed by atoms with van der Waals surface area (Å²) in [5.74, 6) is -0.506. The van der Waals surface area contributed by atoms with Crippen LogP contribution in [0.1, 0.15) is 13.3 Å². The first-order valence-electron chi connectivity index (χ1n) is 4.97. The molecule has 0 aromatic heterocycles. The molecule has 4 nitrogen and oxygen atoms in total. The van der Waals surface area contributed by atoms with Gasteiger partial charge in [0.1, 0.15) is 13.2 Å². The number of rotatable bonds is 7. The minimum absolute atomic E-state index is 0.257. The number of hydrogen-bond donors (Lipinski definition) is 1. The van der Waals surface area contributed by atoms with Crippen LogP contribution in [0, 0.1) is 0 Å². The van der Waals surface area contributed by atoms with E-state index in [4.69, 9.17) is 5.73 Å². The molecule has 0 saturated heterocycles. The van der Waals surface area contributed by atoms with E-state index in [-0.39, 0.29) is 4.99 Å². The van der Waals surface area contributed by atoms with Crippen molar-refractivity contribution in [2.75, 3.05) is 26.3 Å². The molecule has 0 aliphatic carbocycles. The van der Waals surface area contributed by atoms with Gasteiger partial charge in [0.2, 0.25) is 5.91 Å². The van der Waals surface area contributed by atoms with Crippen LogP contribution in [-0.4, -0.2) is 48.3 Å². The van der Waals surface area contributed by atoms with E-state index in [1.165, 1.54) is 4.90 Å². The van der Waals surface area contributed by atoms with Crippen molar-refractivity contribution in [1.82, 2.24) is 4.90 Å². The number of alkyl halides is 3. The topological polar surface area (TPSA) is 55.6 Å². The fourth-order valence-corrected chi connectivity index (χ4v) is 1.14. The van der Waals surface area contributed by atoms with E-state index in [2.05, 4.69) is 17.0 Å². The number of nitrogens with two attached hydrogens (primary N) is 1. The number of hydrogen-bond acceptors (Lipinski definition) is 3. The van der Waals surface area contributed by atoms with Crippen molar-refractivity contribution in [2.24, 2.45) is 5.73 Å². The average Bonchev–Trinajstić information content (AvgIpc) is 2.16. The molecule has 2 N–H and O–H groups in total. The second kappa shape index (κ2) is 7.44. The largest absolute Gasteiger partial charge is 0.411 e. The van der Waals surface area contributed by atoms with E-state index in [0.717, 1.165) is 0 Å². The number of carbonyl (C=O) groups excluding carboxylic acids is 1. The summed E-state index contributed by atoms with van der Waals surface area (Å²) in [5.41, 5.74) is 5.27. The number of ether oxygens (including phenoxy) is 1. The Morgan fingerprint density at radius 2 is 2.06 bits per heavy atom. The van der Waals surface area contributed by atoms with Gasteiger partial charge < -0.3 is 15.4 Å². The Labute approximate surface area is 103 Å². The summed E-state index contributed by atoms with van der Waals surface area (Å²) in [5, 5.41) is 0. The molecular weight excluding hydrogens is 257 g/mol. The molecule has 0 unspecified atom stereocenters. The first kappa shape index (κ1) is 16.1. The Bertz CT molecular complexity index is 271. The average molecular weight is 272 g/mol. The van der Waals surface area contributed by atoms with Crippen molar-refractivity contribution >= 4 is 23.1 Å². The molecular formula is C9H15F3N2O2S. The molecule has 0 atom stereocenters. The van der Waals surface area contributed by atoms with Crippen LogP contribution in [-0.2, 0) is 9.53 Å². The molecule has 0 aliphatic heterocycles. The number of amides is 1. The highest BCUT2D eigenvalue weighted by Crippen LogP contribution is 2.14. The fraction of sp³-hybridized carbons (Fsp3) is 0.778. The molecule has 0 fully saturated rings. The maximum absolute atomic E-state index is 11.8. The second-order valence-electron chi connectivity index (χ2n) is 3.30. The smallest absolute Gasteiger partial charge is 0.393 e. The van der Waals surface area contributed by atoms with Crippen LogP contribution < -0.4 is 5.73 Å². The number of thiocarbonyl (C=S) groups is 1. The van der Waals surface area contributed by atoms with Crippen LogP contribution in [0.3, 0.4) is 0 Å². The van der Waals surface area contributed by atoms with Crippen LogP contribution in [0.2, 0.25) is 0 Å². The second-order valence-corrected chi connectivity index (χ2v) is 3.82. The maximum atomic E-state index is 11.8. The lowest BCUT2D eigenvalue weighted by Crippen LogP contribution is -2.36. The molecule has 0 bridgehead atoms. The first-order chi connectivity index (χ1) is 7.76. The molecule has 0 radical (unpaired) electrons. The summed E-state index contributed by atoms with van der Waals surface area (Å²) in [6.45, 7) is 0.356. The van der Waals surface area contributed by atoms with Crippen LogP contribution in [0.5, 0.6) is 0 Å². The van der Waals surface area contributed by atoms with Crippen molar-refractivity contribution in [2.45, 2.75) is 19.5 Å². The monoisotopic (exact) mass is 272 g/mol. The van der Waals surface area contributed by atoms with E-state index < -0.39 is 25.3 Å². The van der Waals surface area contributed by atoms with Gasteiger partial charge in [-0.25, -0.2) is 0 Å². The van der Waals surface area contributed by atoms with Gasteiger partial charge in [-0.05, 0) is 6.92 Å². The van der Waals surface area contributed by atoms with Crippen LogP contribution in [0.4, 0.5) is 13.2 Å². The van der Waals surface area contributed by atoms with Gasteiger partial charge in [0.15, 0.2) is 0 Å². The summed E-state index contributed by atoms with van der Waals surface area (Å²) in [6.07, 6.45) is -4.08. The predicted octanol–water partition coefficient (Wildman–Crippen LogP) is 1.09. The quantitative estimate of drug-likeness (QED) is 0.705. The van der Waals surface area contributed by atoms with E-state index in [1.54, 1.807) is 6.92 Å². The summed E-state index contributed by atoms with van der Waals surface area (Å²) >= 11 is 4.64. The zero-order valence-corrected chi connectivity index (χ0v) is 10.2. The van der Waals surface area contributed by atoms with Crippen LogP contribution in [0.25, 0.3) is 0 Å². The third-order valence-corrected chi connectivity index (χ3v) is 2.06. The molecule has 0 rings (SSSR count). The van der Waals surface area contributed by atoms with E-state index in [0.29, 0.717) is 19.5 Å². The predicted molar refractivity (Wildman–Crippen MR) is 60.5 cm³/mol. The molecule has 0 heterocycles. The summed E-state index contributed by atoms with van der Waals surface area (Å²) in [4.78, 5) is 13.0. The van der Waals surface area contributed by atoms with Crippen molar-refractivity contribution < 1.29 is 22.7 Å². The Hall–Kier alpha value is -0.890. The van der Waals surface area contributed by atoms with Gasteiger partial charge in [-0.15, -0.1) is 0 Å². The summed E-state index contributed by atoms with van der Waals surface area (Å²) in [7, 11) is 0. The molecule has 17 heavy (non-hydrogen) atoms. The minimum Gasteiger partial charge on any atom is -0.393 e. The van der Waals surface area contributed by atoms with Gasteiger partial charge in [-0.1, -0.05) is 12.2 Å². The molecule has 1 amide bonds. The highest BCUT2D eigenvalue weighted by atomic mass is 32.1. The molecule has 0 saturated carbocycles. The minimum atomic E-state index is -4.42. The third kappa shape index (κ3) is 8.87. The van der Waals surface area contributed by atoms with Crippen molar-refractivity contribution in [3.63, 3.8) is 0 Å². The number of nitrogens with zero attached hydrogens (tertiary/aromatic N) is 1. The molecule has 0 aliphatic rings. The Morgan fingerprint density at radius 3 is 2.47 bits per heavy atom. The zero-order chi connectivity index (χ0) is 13.5. The molecule has 0 spiro atoms. The lowest BCUT2D eigenvalue weighted by Gasteiger charge is -2.20. The number of halogens is 3. The number of carbonyl (C=O) groups is 1. The lowest BCUT2D eigenvalue weighted by molar-refractivity contribution is -0.177. The van der Waals surface area contributed by atoms with Gasteiger partial charge in [-0.2, -0.15) is 13.2 Å². The summed E-state index contributed by atoms with van der Waals surface area (Å²) in [6, 6.07) is 0. The van der Waals surface area contributed by atoms with Crippen LogP contribution >= 0.6 is 12.2 Å². The Kier molecular flexibility index (Phi) is 7.05. The van der Waals surface area contributed by atoms with Gasteiger partial charge in [0.05, 0.1) is 4.99 Å². The fourth-order valence-electron chi connectivity index (χ4n) is 1.05. The van der Waals surface area contributed by atoms with Gasteiger partial charge in [0, 0.05) is 19.5 Å². The highest BCUT2D eigenvalue weighted by molar-refractivity contribution is 7.80. The van der Waals surface area contributed by atoms with Gasteiger partial charge in [-0.3, -0.25) is 4.79 Å². The summed E-state index contributed by atoms with van der Waals surface area (Å²) < 4.78 is 39.5. The standard InChI is InChI=1S/C9H15F3N2O2S/c1-2-14(4-3-7(13)17)8(15)5-16-6-9(10,11)12/h2-6H2,1H3,(H2,13,17). The number of likely N-dealkylation sites (N-methyl/N-ethyl adjacent to an activating group) is 1. The van der Waals surface area contributed by atoms with Crippen molar-refractivity contribution in [3.05, 3.63) is 0 Å². The first-order valence-corrected chi connectivity index (χ1v) is 5.37. The molecule has 0 aromatic carbocycles. The molecule has 0 aromatic rings. The van der Waals surface area contributed by atoms with E-state index in [9.17, 15) is 18.0 Å². The van der Waals surface area contributed by atoms with Gasteiger partial charge in [0.25, 0.3) is 0 Å². The van der Waals surface area contributed by atoms with Crippen LogP contribution in [0.15, 0.2) is 0 Å². The maximum Gasteiger partial charge on any atom is 0.411 e. The van der Waals surface area contributed by atoms with Crippen molar-refractivity contribution in [3.8, 4) is 0 Å². The Morgan fingerprint density at radius 1 is 1.47 bits per heavy atom. The third-order valence-electron chi connectivity index (χ3n) is 1.85.